The lowest BCUT2D eigenvalue weighted by atomic mass is 10.2. The summed E-state index contributed by atoms with van der Waals surface area (Å²) in [6.45, 7) is 0.335. The number of aromatic nitrogens is 1. The Morgan fingerprint density at radius 1 is 1.12 bits per heavy atom. The molecule has 2 amide bonds. The van der Waals surface area contributed by atoms with E-state index in [9.17, 15) is 4.79 Å². The fraction of sp³-hybridized carbons (Fsp3) is 0.0588. The quantitative estimate of drug-likeness (QED) is 0.635. The van der Waals surface area contributed by atoms with Crippen molar-refractivity contribution in [2.24, 2.45) is 0 Å². The van der Waals surface area contributed by atoms with Crippen LogP contribution < -0.4 is 10.6 Å². The summed E-state index contributed by atoms with van der Waals surface area (Å²) in [5.74, 6) is 0. The number of anilines is 1. The first-order chi connectivity index (χ1) is 11.6. The number of hydrogen-bond donors (Lipinski definition) is 2. The topological polar surface area (TPSA) is 54.0 Å². The summed E-state index contributed by atoms with van der Waals surface area (Å²) < 4.78 is 0. The Labute approximate surface area is 153 Å². The minimum atomic E-state index is -0.365. The summed E-state index contributed by atoms with van der Waals surface area (Å²) in [4.78, 5) is 16.5. The van der Waals surface area contributed by atoms with Gasteiger partial charge in [-0.25, -0.2) is 9.78 Å². The van der Waals surface area contributed by atoms with Crippen LogP contribution in [0.1, 0.15) is 5.01 Å². The van der Waals surface area contributed by atoms with E-state index in [0.29, 0.717) is 22.3 Å². The van der Waals surface area contributed by atoms with Crippen molar-refractivity contribution in [3.8, 4) is 11.3 Å². The zero-order chi connectivity index (χ0) is 16.9. The molecule has 7 heteroatoms. The number of carbonyl (C=O) groups excluding carboxylic acids is 1. The van der Waals surface area contributed by atoms with E-state index in [4.69, 9.17) is 23.2 Å². The molecule has 0 aliphatic carbocycles. The second-order valence-electron chi connectivity index (χ2n) is 4.92. The van der Waals surface area contributed by atoms with Crippen LogP contribution in [0.5, 0.6) is 0 Å². The van der Waals surface area contributed by atoms with Crippen LogP contribution in [0.3, 0.4) is 0 Å². The maximum atomic E-state index is 12.0. The average molecular weight is 378 g/mol. The van der Waals surface area contributed by atoms with E-state index in [-0.39, 0.29) is 6.03 Å². The van der Waals surface area contributed by atoms with E-state index in [1.807, 2.05) is 35.7 Å². The molecule has 0 unspecified atom stereocenters. The smallest absolute Gasteiger partial charge is 0.319 e. The van der Waals surface area contributed by atoms with Crippen LogP contribution in [0.25, 0.3) is 11.3 Å². The zero-order valence-electron chi connectivity index (χ0n) is 12.4. The number of benzene rings is 2. The number of amides is 2. The lowest BCUT2D eigenvalue weighted by Gasteiger charge is -2.08. The third kappa shape index (κ3) is 4.26. The van der Waals surface area contributed by atoms with Gasteiger partial charge in [-0.15, -0.1) is 11.3 Å². The van der Waals surface area contributed by atoms with E-state index in [1.165, 1.54) is 11.3 Å². The van der Waals surface area contributed by atoms with Crippen molar-refractivity contribution in [1.82, 2.24) is 10.3 Å². The molecule has 0 fully saturated rings. The first-order valence-corrected chi connectivity index (χ1v) is 8.75. The molecule has 0 radical (unpaired) electrons. The molecule has 0 bridgehead atoms. The maximum Gasteiger partial charge on any atom is 0.319 e. The molecule has 2 N–H and O–H groups in total. The SMILES string of the molecule is O=C(NCc1nc(-c2ccccc2)cs1)Nc1cc(Cl)ccc1Cl. The van der Waals surface area contributed by atoms with Crippen LogP contribution in [-0.4, -0.2) is 11.0 Å². The third-order valence-corrected chi connectivity index (χ3v) is 4.61. The number of nitrogens with one attached hydrogen (secondary N) is 2. The molecule has 4 nitrogen and oxygen atoms in total. The zero-order valence-corrected chi connectivity index (χ0v) is 14.8. The predicted octanol–water partition coefficient (Wildman–Crippen LogP) is 5.44. The fourth-order valence-corrected chi connectivity index (χ4v) is 3.13. The number of halogens is 2. The molecule has 0 atom stereocenters. The van der Waals surface area contributed by atoms with Gasteiger partial charge in [-0.05, 0) is 18.2 Å². The molecule has 0 saturated carbocycles. The summed E-state index contributed by atoms with van der Waals surface area (Å²) in [5, 5.41) is 9.14. The van der Waals surface area contributed by atoms with Gasteiger partial charge >= 0.3 is 6.03 Å². The van der Waals surface area contributed by atoms with Gasteiger partial charge in [-0.2, -0.15) is 0 Å². The van der Waals surface area contributed by atoms with E-state index >= 15 is 0 Å². The largest absolute Gasteiger partial charge is 0.331 e. The molecule has 122 valence electrons. The molecule has 0 aliphatic rings. The van der Waals surface area contributed by atoms with E-state index in [1.54, 1.807) is 18.2 Å². The molecule has 1 aromatic heterocycles. The van der Waals surface area contributed by atoms with Gasteiger partial charge in [-0.3, -0.25) is 0 Å². The average Bonchev–Trinajstić information content (AvgIpc) is 3.06. The molecular formula is C17H13Cl2N3OS. The molecule has 1 heterocycles. The van der Waals surface area contributed by atoms with Gasteiger partial charge in [0.2, 0.25) is 0 Å². The van der Waals surface area contributed by atoms with Crippen LogP contribution in [0.15, 0.2) is 53.9 Å². The fourth-order valence-electron chi connectivity index (χ4n) is 2.05. The highest BCUT2D eigenvalue weighted by molar-refractivity contribution is 7.09. The van der Waals surface area contributed by atoms with Crippen LogP contribution >= 0.6 is 34.5 Å². The van der Waals surface area contributed by atoms with Crippen molar-refractivity contribution in [3.05, 3.63) is 69.0 Å². The number of rotatable bonds is 4. The Morgan fingerprint density at radius 3 is 2.71 bits per heavy atom. The van der Waals surface area contributed by atoms with Gasteiger partial charge < -0.3 is 10.6 Å². The first-order valence-electron chi connectivity index (χ1n) is 7.11. The highest BCUT2D eigenvalue weighted by atomic mass is 35.5. The molecule has 0 aliphatic heterocycles. The Morgan fingerprint density at radius 2 is 1.92 bits per heavy atom. The Balaban J connectivity index is 1.59. The maximum absolute atomic E-state index is 12.0. The number of carbonyl (C=O) groups is 1. The van der Waals surface area contributed by atoms with Crippen LogP contribution in [0, 0.1) is 0 Å². The van der Waals surface area contributed by atoms with Crippen molar-refractivity contribution in [1.29, 1.82) is 0 Å². The summed E-state index contributed by atoms with van der Waals surface area (Å²) in [6, 6.07) is 14.4. The van der Waals surface area contributed by atoms with Crippen molar-refractivity contribution in [2.75, 3.05) is 5.32 Å². The summed E-state index contributed by atoms with van der Waals surface area (Å²) in [6.07, 6.45) is 0. The summed E-state index contributed by atoms with van der Waals surface area (Å²) in [5.41, 5.74) is 2.41. The predicted molar refractivity (Wildman–Crippen MR) is 99.9 cm³/mol. The van der Waals surface area contributed by atoms with Gasteiger partial charge in [0.15, 0.2) is 0 Å². The second-order valence-corrected chi connectivity index (χ2v) is 6.71. The normalized spacial score (nSPS) is 10.4. The second kappa shape index (κ2) is 7.66. The van der Waals surface area contributed by atoms with Crippen molar-refractivity contribution < 1.29 is 4.79 Å². The molecule has 24 heavy (non-hydrogen) atoms. The van der Waals surface area contributed by atoms with E-state index < -0.39 is 0 Å². The van der Waals surface area contributed by atoms with Gasteiger partial charge in [-0.1, -0.05) is 53.5 Å². The van der Waals surface area contributed by atoms with Crippen LogP contribution in [0.4, 0.5) is 10.5 Å². The number of hydrogen-bond acceptors (Lipinski definition) is 3. The van der Waals surface area contributed by atoms with Gasteiger partial charge in [0, 0.05) is 16.0 Å². The minimum absolute atomic E-state index is 0.335. The molecule has 3 rings (SSSR count). The lowest BCUT2D eigenvalue weighted by Crippen LogP contribution is -2.28. The molecular weight excluding hydrogens is 365 g/mol. The van der Waals surface area contributed by atoms with Crippen molar-refractivity contribution in [3.63, 3.8) is 0 Å². The Hall–Kier alpha value is -2.08. The minimum Gasteiger partial charge on any atom is -0.331 e. The monoisotopic (exact) mass is 377 g/mol. The van der Waals surface area contributed by atoms with Gasteiger partial charge in [0.05, 0.1) is 22.9 Å². The first kappa shape index (κ1) is 16.8. The molecule has 0 saturated heterocycles. The van der Waals surface area contributed by atoms with E-state index in [0.717, 1.165) is 16.3 Å². The van der Waals surface area contributed by atoms with Crippen molar-refractivity contribution >= 4 is 46.3 Å². The number of urea groups is 1. The summed E-state index contributed by atoms with van der Waals surface area (Å²) in [7, 11) is 0. The molecule has 0 spiro atoms. The van der Waals surface area contributed by atoms with E-state index in [2.05, 4.69) is 15.6 Å². The highest BCUT2D eigenvalue weighted by Crippen LogP contribution is 2.25. The lowest BCUT2D eigenvalue weighted by molar-refractivity contribution is 0.251. The molecule has 2 aromatic carbocycles. The molecule has 3 aromatic rings. The number of thiazole rings is 1. The standard InChI is InChI=1S/C17H13Cl2N3OS/c18-12-6-7-13(19)14(8-12)22-17(23)20-9-16-21-15(10-24-16)11-4-2-1-3-5-11/h1-8,10H,9H2,(H2,20,22,23). The third-order valence-electron chi connectivity index (χ3n) is 3.20. The Bertz CT molecular complexity index is 852. The van der Waals surface area contributed by atoms with Gasteiger partial charge in [0.1, 0.15) is 5.01 Å². The van der Waals surface area contributed by atoms with Crippen LogP contribution in [0.2, 0.25) is 10.0 Å². The van der Waals surface area contributed by atoms with Crippen molar-refractivity contribution in [2.45, 2.75) is 6.54 Å². The van der Waals surface area contributed by atoms with Crippen LogP contribution in [-0.2, 0) is 6.54 Å². The highest BCUT2D eigenvalue weighted by Gasteiger charge is 2.08. The summed E-state index contributed by atoms with van der Waals surface area (Å²) >= 11 is 13.4. The number of nitrogens with zero attached hydrogens (tertiary/aromatic N) is 1. The van der Waals surface area contributed by atoms with Gasteiger partial charge in [0.25, 0.3) is 0 Å². The Kier molecular flexibility index (Phi) is 5.35.